The lowest BCUT2D eigenvalue weighted by molar-refractivity contribution is -0.134. The van der Waals surface area contributed by atoms with Crippen LogP contribution in [0.4, 0.5) is 0 Å². The molecule has 1 aromatic heterocycles. The number of ether oxygens (including phenoxy) is 1. The van der Waals surface area contributed by atoms with E-state index in [2.05, 4.69) is 5.32 Å². The van der Waals surface area contributed by atoms with Gasteiger partial charge in [-0.05, 0) is 36.8 Å². The molecule has 0 aliphatic carbocycles. The molecule has 0 radical (unpaired) electrons. The van der Waals surface area contributed by atoms with Gasteiger partial charge >= 0.3 is 11.6 Å². The van der Waals surface area contributed by atoms with Gasteiger partial charge < -0.3 is 14.5 Å². The molecule has 0 bridgehead atoms. The summed E-state index contributed by atoms with van der Waals surface area (Å²) < 4.78 is 10.5. The molecule has 9 nitrogen and oxygen atoms in total. The number of fused-ring (bicyclic) bond motifs is 2. The highest BCUT2D eigenvalue weighted by atomic mass is 16.5. The predicted molar refractivity (Wildman–Crippen MR) is 117 cm³/mol. The van der Waals surface area contributed by atoms with Crippen molar-refractivity contribution in [2.75, 3.05) is 13.1 Å². The van der Waals surface area contributed by atoms with Gasteiger partial charge in [-0.3, -0.25) is 24.1 Å². The average Bonchev–Trinajstić information content (AvgIpc) is 3.05. The SMILES string of the molecule is CCCNC(=O)c1cc2ccc(OC(=O)CCN3C(=O)c4ccccc4C3=O)cc2oc1=O. The van der Waals surface area contributed by atoms with Crippen molar-refractivity contribution in [3.63, 3.8) is 0 Å². The second kappa shape index (κ2) is 9.07. The highest BCUT2D eigenvalue weighted by Gasteiger charge is 2.35. The number of rotatable bonds is 7. The fourth-order valence-corrected chi connectivity index (χ4v) is 3.47. The first-order valence-corrected chi connectivity index (χ1v) is 10.4. The molecule has 1 N–H and O–H groups in total. The minimum atomic E-state index is -0.801. The summed E-state index contributed by atoms with van der Waals surface area (Å²) in [6, 6.07) is 12.3. The van der Waals surface area contributed by atoms with Crippen LogP contribution in [0, 0.1) is 0 Å². The van der Waals surface area contributed by atoms with E-state index in [-0.39, 0.29) is 29.9 Å². The molecule has 0 fully saturated rings. The third kappa shape index (κ3) is 4.38. The number of carbonyl (C=O) groups is 4. The van der Waals surface area contributed by atoms with Crippen molar-refractivity contribution in [2.24, 2.45) is 0 Å². The molecule has 3 aromatic rings. The largest absolute Gasteiger partial charge is 0.426 e. The van der Waals surface area contributed by atoms with E-state index < -0.39 is 29.3 Å². The van der Waals surface area contributed by atoms with Gasteiger partial charge in [0.1, 0.15) is 16.9 Å². The number of nitrogens with zero attached hydrogens (tertiary/aromatic N) is 1. The maximum Gasteiger partial charge on any atom is 0.349 e. The Kier molecular flexibility index (Phi) is 6.03. The van der Waals surface area contributed by atoms with Gasteiger partial charge in [0.05, 0.1) is 17.5 Å². The molecule has 9 heteroatoms. The lowest BCUT2D eigenvalue weighted by atomic mass is 10.1. The standard InChI is InChI=1S/C24H20N2O7/c1-2-10-25-21(28)18-12-14-7-8-15(13-19(14)33-24(18)31)32-20(27)9-11-26-22(29)16-5-3-4-6-17(16)23(26)30/h3-8,12-13H,2,9-11H2,1H3,(H,25,28). The van der Waals surface area contributed by atoms with Crippen molar-refractivity contribution in [3.05, 3.63) is 75.6 Å². The molecule has 0 spiro atoms. The molecular formula is C24H20N2O7. The Morgan fingerprint density at radius 1 is 1.00 bits per heavy atom. The Morgan fingerprint density at radius 3 is 2.36 bits per heavy atom. The van der Waals surface area contributed by atoms with E-state index >= 15 is 0 Å². The summed E-state index contributed by atoms with van der Waals surface area (Å²) in [6.45, 7) is 2.21. The van der Waals surface area contributed by atoms with E-state index in [1.165, 1.54) is 18.2 Å². The fourth-order valence-electron chi connectivity index (χ4n) is 3.47. The minimum Gasteiger partial charge on any atom is -0.426 e. The van der Waals surface area contributed by atoms with Gasteiger partial charge in [-0.15, -0.1) is 0 Å². The van der Waals surface area contributed by atoms with E-state index in [1.54, 1.807) is 30.3 Å². The number of amides is 3. The van der Waals surface area contributed by atoms with Crippen molar-refractivity contribution in [3.8, 4) is 5.75 Å². The van der Waals surface area contributed by atoms with Crippen LogP contribution in [0.2, 0.25) is 0 Å². The van der Waals surface area contributed by atoms with Crippen LogP contribution in [0.1, 0.15) is 50.8 Å². The summed E-state index contributed by atoms with van der Waals surface area (Å²) >= 11 is 0. The Morgan fingerprint density at radius 2 is 1.70 bits per heavy atom. The second-order valence-electron chi connectivity index (χ2n) is 7.43. The Labute approximate surface area is 187 Å². The quantitative estimate of drug-likeness (QED) is 0.255. The summed E-state index contributed by atoms with van der Waals surface area (Å²) in [5.74, 6) is -1.95. The molecule has 4 rings (SSSR count). The summed E-state index contributed by atoms with van der Waals surface area (Å²) in [7, 11) is 0. The number of hydrogen-bond acceptors (Lipinski definition) is 7. The van der Waals surface area contributed by atoms with E-state index in [4.69, 9.17) is 9.15 Å². The molecule has 0 saturated heterocycles. The molecule has 1 aliphatic heterocycles. The van der Waals surface area contributed by atoms with Crippen molar-refractivity contribution in [2.45, 2.75) is 19.8 Å². The van der Waals surface area contributed by atoms with E-state index in [1.807, 2.05) is 6.92 Å². The number of carbonyl (C=O) groups excluding carboxylic acids is 4. The van der Waals surface area contributed by atoms with Crippen molar-refractivity contribution in [1.82, 2.24) is 10.2 Å². The average molecular weight is 448 g/mol. The number of hydrogen-bond donors (Lipinski definition) is 1. The van der Waals surface area contributed by atoms with Gasteiger partial charge in [-0.25, -0.2) is 4.79 Å². The first-order valence-electron chi connectivity index (χ1n) is 10.4. The Balaban J connectivity index is 1.42. The summed E-state index contributed by atoms with van der Waals surface area (Å²) in [5.41, 5.74) is -0.143. The molecule has 2 aromatic carbocycles. The molecule has 168 valence electrons. The zero-order chi connectivity index (χ0) is 23.5. The van der Waals surface area contributed by atoms with Gasteiger partial charge in [-0.1, -0.05) is 19.1 Å². The summed E-state index contributed by atoms with van der Waals surface area (Å²) in [4.78, 5) is 62.3. The molecule has 1 aliphatic rings. The van der Waals surface area contributed by atoms with Gasteiger partial charge in [0.2, 0.25) is 0 Å². The van der Waals surface area contributed by atoms with Crippen LogP contribution in [0.3, 0.4) is 0 Å². The Bertz CT molecular complexity index is 1310. The molecule has 2 heterocycles. The molecule has 33 heavy (non-hydrogen) atoms. The number of benzene rings is 2. The van der Waals surface area contributed by atoms with Gasteiger partial charge in [0.25, 0.3) is 17.7 Å². The van der Waals surface area contributed by atoms with Gasteiger partial charge in [0, 0.05) is 24.5 Å². The number of esters is 1. The minimum absolute atomic E-state index is 0.110. The molecule has 0 saturated carbocycles. The van der Waals surface area contributed by atoms with Crippen LogP contribution < -0.4 is 15.7 Å². The van der Waals surface area contributed by atoms with E-state index in [0.717, 1.165) is 11.3 Å². The van der Waals surface area contributed by atoms with E-state index in [9.17, 15) is 24.0 Å². The number of imide groups is 1. The van der Waals surface area contributed by atoms with Gasteiger partial charge in [0.15, 0.2) is 0 Å². The maximum atomic E-state index is 12.4. The topological polar surface area (TPSA) is 123 Å². The molecule has 3 amide bonds. The van der Waals surface area contributed by atoms with Gasteiger partial charge in [-0.2, -0.15) is 0 Å². The molecule has 0 unspecified atom stereocenters. The smallest absolute Gasteiger partial charge is 0.349 e. The predicted octanol–water partition coefficient (Wildman–Crippen LogP) is 2.52. The zero-order valence-corrected chi connectivity index (χ0v) is 17.8. The van der Waals surface area contributed by atoms with Crippen LogP contribution in [0.15, 0.2) is 57.7 Å². The summed E-state index contributed by atoms with van der Waals surface area (Å²) in [5, 5.41) is 3.11. The maximum absolute atomic E-state index is 12.4. The monoisotopic (exact) mass is 448 g/mol. The van der Waals surface area contributed by atoms with Crippen molar-refractivity contribution >= 4 is 34.7 Å². The Hall–Kier alpha value is -4.27. The van der Waals surface area contributed by atoms with Crippen LogP contribution in [0.25, 0.3) is 11.0 Å². The van der Waals surface area contributed by atoms with Crippen LogP contribution in [-0.4, -0.2) is 41.7 Å². The first-order chi connectivity index (χ1) is 15.9. The fraction of sp³-hybridized carbons (Fsp3) is 0.208. The molecular weight excluding hydrogens is 428 g/mol. The van der Waals surface area contributed by atoms with E-state index in [0.29, 0.717) is 23.1 Å². The highest BCUT2D eigenvalue weighted by molar-refractivity contribution is 6.21. The number of nitrogens with one attached hydrogen (secondary N) is 1. The lowest BCUT2D eigenvalue weighted by Crippen LogP contribution is -2.32. The van der Waals surface area contributed by atoms with Crippen LogP contribution >= 0.6 is 0 Å². The van der Waals surface area contributed by atoms with Crippen molar-refractivity contribution in [1.29, 1.82) is 0 Å². The lowest BCUT2D eigenvalue weighted by Gasteiger charge is -2.13. The highest BCUT2D eigenvalue weighted by Crippen LogP contribution is 2.23. The zero-order valence-electron chi connectivity index (χ0n) is 17.8. The normalized spacial score (nSPS) is 12.7. The third-order valence-electron chi connectivity index (χ3n) is 5.14. The van der Waals surface area contributed by atoms with Crippen LogP contribution in [-0.2, 0) is 4.79 Å². The second-order valence-corrected chi connectivity index (χ2v) is 7.43. The first kappa shape index (κ1) is 21.9. The van der Waals surface area contributed by atoms with Crippen LogP contribution in [0.5, 0.6) is 5.75 Å². The summed E-state index contributed by atoms with van der Waals surface area (Å²) in [6.07, 6.45) is 0.524. The molecule has 0 atom stereocenters. The van der Waals surface area contributed by atoms with Crippen molar-refractivity contribution < 1.29 is 28.3 Å². The third-order valence-corrected chi connectivity index (χ3v) is 5.14.